The van der Waals surface area contributed by atoms with Gasteiger partial charge in [-0.3, -0.25) is 14.5 Å². The predicted molar refractivity (Wildman–Crippen MR) is 120 cm³/mol. The average Bonchev–Trinajstić information content (AvgIpc) is 3.08. The molecule has 34 heavy (non-hydrogen) atoms. The van der Waals surface area contributed by atoms with Crippen molar-refractivity contribution in [1.82, 2.24) is 4.90 Å². The highest BCUT2D eigenvalue weighted by atomic mass is 19.1. The Morgan fingerprint density at radius 3 is 2.26 bits per heavy atom. The lowest BCUT2D eigenvalue weighted by molar-refractivity contribution is -0.134. The quantitative estimate of drug-likeness (QED) is 0.182. The Balaban J connectivity index is 1.52. The third-order valence-electron chi connectivity index (χ3n) is 5.17. The molecule has 3 aromatic carbocycles. The molecule has 0 spiro atoms. The zero-order valence-electron chi connectivity index (χ0n) is 17.9. The summed E-state index contributed by atoms with van der Waals surface area (Å²) in [4.78, 5) is 38.2. The molecular formula is C26H17FN2O5. The van der Waals surface area contributed by atoms with E-state index in [0.29, 0.717) is 5.56 Å². The third-order valence-corrected chi connectivity index (χ3v) is 5.17. The van der Waals surface area contributed by atoms with Gasteiger partial charge in [-0.2, -0.15) is 5.26 Å². The summed E-state index contributed by atoms with van der Waals surface area (Å²) in [6.45, 7) is -0.566. The second-order valence-electron chi connectivity index (χ2n) is 7.28. The maximum Gasteiger partial charge on any atom is 0.331 e. The third kappa shape index (κ3) is 4.27. The van der Waals surface area contributed by atoms with Crippen LogP contribution in [0.5, 0.6) is 11.5 Å². The van der Waals surface area contributed by atoms with Crippen LogP contribution in [0.2, 0.25) is 0 Å². The number of esters is 1. The average molecular weight is 456 g/mol. The molecule has 0 unspecified atom stereocenters. The molecule has 0 saturated carbocycles. The van der Waals surface area contributed by atoms with E-state index in [-0.39, 0.29) is 33.8 Å². The van der Waals surface area contributed by atoms with Crippen molar-refractivity contribution >= 4 is 29.4 Å². The summed E-state index contributed by atoms with van der Waals surface area (Å²) in [5.74, 6) is -2.26. The van der Waals surface area contributed by atoms with Gasteiger partial charge in [0.05, 0.1) is 29.9 Å². The number of carbonyl (C=O) groups is 3. The molecule has 0 radical (unpaired) electrons. The Morgan fingerprint density at radius 1 is 1.00 bits per heavy atom. The Labute approximate surface area is 194 Å². The molecular weight excluding hydrogens is 439 g/mol. The summed E-state index contributed by atoms with van der Waals surface area (Å²) in [6, 6.07) is 18.7. The molecule has 4 rings (SSSR count). The van der Waals surface area contributed by atoms with Gasteiger partial charge in [-0.25, -0.2) is 9.18 Å². The number of methoxy groups -OCH3 is 1. The molecule has 0 aromatic heterocycles. The van der Waals surface area contributed by atoms with E-state index in [0.717, 1.165) is 4.90 Å². The Kier molecular flexibility index (Phi) is 6.19. The van der Waals surface area contributed by atoms with Gasteiger partial charge in [0.2, 0.25) is 0 Å². The van der Waals surface area contributed by atoms with Crippen molar-refractivity contribution in [3.8, 4) is 17.6 Å². The summed E-state index contributed by atoms with van der Waals surface area (Å²) < 4.78 is 24.7. The van der Waals surface area contributed by atoms with Crippen LogP contribution in [0.3, 0.4) is 0 Å². The summed E-state index contributed by atoms with van der Waals surface area (Å²) in [6.07, 6.45) is 1.48. The minimum Gasteiger partial charge on any atom is -0.493 e. The van der Waals surface area contributed by atoms with Crippen LogP contribution in [0.1, 0.15) is 31.8 Å². The molecule has 7 nitrogen and oxygen atoms in total. The fourth-order valence-electron chi connectivity index (χ4n) is 3.54. The molecule has 0 aliphatic carbocycles. The van der Waals surface area contributed by atoms with Crippen molar-refractivity contribution in [1.29, 1.82) is 5.26 Å². The molecule has 0 saturated heterocycles. The number of rotatable bonds is 6. The van der Waals surface area contributed by atoms with E-state index >= 15 is 0 Å². The zero-order chi connectivity index (χ0) is 24.2. The van der Waals surface area contributed by atoms with Crippen molar-refractivity contribution in [3.05, 3.63) is 94.8 Å². The highest BCUT2D eigenvalue weighted by Crippen LogP contribution is 2.31. The summed E-state index contributed by atoms with van der Waals surface area (Å²) in [5, 5.41) is 9.46. The molecule has 168 valence electrons. The standard InChI is InChI=1S/C26H17FN2O5/c1-33-23-13-16(12-17(14-28)18-6-4-5-9-21(18)27)10-11-22(23)34-24(30)15-29-25(31)19-7-2-3-8-20(19)26(29)32/h2-13H,15H2,1H3/b17-12-. The molecule has 1 aliphatic heterocycles. The first-order valence-corrected chi connectivity index (χ1v) is 10.1. The number of amides is 2. The van der Waals surface area contributed by atoms with Crippen LogP contribution < -0.4 is 9.47 Å². The van der Waals surface area contributed by atoms with Gasteiger partial charge in [0.1, 0.15) is 12.4 Å². The molecule has 2 amide bonds. The van der Waals surface area contributed by atoms with Gasteiger partial charge < -0.3 is 9.47 Å². The number of benzene rings is 3. The van der Waals surface area contributed by atoms with E-state index in [1.165, 1.54) is 55.7 Å². The number of nitrogens with zero attached hydrogens (tertiary/aromatic N) is 2. The van der Waals surface area contributed by atoms with E-state index in [9.17, 15) is 24.0 Å². The Bertz CT molecular complexity index is 1350. The molecule has 1 aliphatic rings. The Morgan fingerprint density at radius 2 is 1.65 bits per heavy atom. The first kappa shape index (κ1) is 22.4. The molecule has 0 atom stereocenters. The SMILES string of the molecule is COc1cc(/C=C(/C#N)c2ccccc2F)ccc1OC(=O)CN1C(=O)c2ccccc2C1=O. The van der Waals surface area contributed by atoms with E-state index < -0.39 is 30.1 Å². The fraction of sp³-hybridized carbons (Fsp3) is 0.0769. The second-order valence-corrected chi connectivity index (χ2v) is 7.28. The summed E-state index contributed by atoms with van der Waals surface area (Å²) in [5.41, 5.74) is 1.24. The molecule has 3 aromatic rings. The number of allylic oxidation sites excluding steroid dienone is 1. The van der Waals surface area contributed by atoms with Gasteiger partial charge in [0.15, 0.2) is 11.5 Å². The van der Waals surface area contributed by atoms with Crippen molar-refractivity contribution < 1.29 is 28.2 Å². The maximum absolute atomic E-state index is 14.1. The van der Waals surface area contributed by atoms with E-state index in [2.05, 4.69) is 0 Å². The number of ether oxygens (including phenoxy) is 2. The molecule has 0 bridgehead atoms. The summed E-state index contributed by atoms with van der Waals surface area (Å²) >= 11 is 0. The number of fused-ring (bicyclic) bond motifs is 1. The second kappa shape index (κ2) is 9.38. The first-order chi connectivity index (χ1) is 16.4. The van der Waals surface area contributed by atoms with Gasteiger partial charge >= 0.3 is 5.97 Å². The lowest BCUT2D eigenvalue weighted by atomic mass is 10.0. The number of carbonyl (C=O) groups excluding carboxylic acids is 3. The van der Waals surface area contributed by atoms with Crippen molar-refractivity contribution in [3.63, 3.8) is 0 Å². The molecule has 1 heterocycles. The highest BCUT2D eigenvalue weighted by Gasteiger charge is 2.36. The summed E-state index contributed by atoms with van der Waals surface area (Å²) in [7, 11) is 1.37. The van der Waals surface area contributed by atoms with Gasteiger partial charge in [0.25, 0.3) is 11.8 Å². The van der Waals surface area contributed by atoms with E-state index in [4.69, 9.17) is 9.47 Å². The number of halogens is 1. The van der Waals surface area contributed by atoms with Gasteiger partial charge in [-0.15, -0.1) is 0 Å². The van der Waals surface area contributed by atoms with Gasteiger partial charge in [-0.1, -0.05) is 36.4 Å². The van der Waals surface area contributed by atoms with E-state index in [1.807, 2.05) is 6.07 Å². The van der Waals surface area contributed by atoms with Crippen LogP contribution in [0.4, 0.5) is 4.39 Å². The smallest absolute Gasteiger partial charge is 0.331 e. The predicted octanol–water partition coefficient (Wildman–Crippen LogP) is 4.10. The van der Waals surface area contributed by atoms with Crippen molar-refractivity contribution in [2.75, 3.05) is 13.7 Å². The van der Waals surface area contributed by atoms with Crippen LogP contribution >= 0.6 is 0 Å². The van der Waals surface area contributed by atoms with Crippen LogP contribution in [0.25, 0.3) is 11.6 Å². The molecule has 8 heteroatoms. The van der Waals surface area contributed by atoms with Gasteiger partial charge in [0, 0.05) is 5.56 Å². The normalized spacial score (nSPS) is 12.9. The number of hydrogen-bond donors (Lipinski definition) is 0. The lowest BCUT2D eigenvalue weighted by Crippen LogP contribution is -2.36. The fourth-order valence-corrected chi connectivity index (χ4v) is 3.54. The number of hydrogen-bond acceptors (Lipinski definition) is 6. The van der Waals surface area contributed by atoms with Crippen LogP contribution in [-0.4, -0.2) is 36.3 Å². The minimum absolute atomic E-state index is 0.0608. The van der Waals surface area contributed by atoms with Crippen LogP contribution in [-0.2, 0) is 4.79 Å². The topological polar surface area (TPSA) is 96.7 Å². The maximum atomic E-state index is 14.1. The van der Waals surface area contributed by atoms with Crippen LogP contribution in [0, 0.1) is 17.1 Å². The van der Waals surface area contributed by atoms with E-state index in [1.54, 1.807) is 24.3 Å². The Hall–Kier alpha value is -4.77. The molecule has 0 fully saturated rings. The monoisotopic (exact) mass is 456 g/mol. The van der Waals surface area contributed by atoms with Crippen molar-refractivity contribution in [2.45, 2.75) is 0 Å². The highest BCUT2D eigenvalue weighted by molar-refractivity contribution is 6.22. The number of imide groups is 1. The van der Waals surface area contributed by atoms with Crippen molar-refractivity contribution in [2.24, 2.45) is 0 Å². The number of nitriles is 1. The minimum atomic E-state index is -0.833. The van der Waals surface area contributed by atoms with Crippen LogP contribution in [0.15, 0.2) is 66.7 Å². The molecule has 0 N–H and O–H groups in total. The lowest BCUT2D eigenvalue weighted by Gasteiger charge is -2.14. The zero-order valence-corrected chi connectivity index (χ0v) is 17.9. The first-order valence-electron chi connectivity index (χ1n) is 10.1. The largest absolute Gasteiger partial charge is 0.493 e. The van der Waals surface area contributed by atoms with Gasteiger partial charge in [-0.05, 0) is 42.0 Å².